The summed E-state index contributed by atoms with van der Waals surface area (Å²) in [7, 11) is 0. The van der Waals surface area contributed by atoms with Crippen LogP contribution in [0.5, 0.6) is 0 Å². The predicted octanol–water partition coefficient (Wildman–Crippen LogP) is 1.09. The van der Waals surface area contributed by atoms with Crippen LogP contribution in [0, 0.1) is 0 Å². The summed E-state index contributed by atoms with van der Waals surface area (Å²) in [5.41, 5.74) is 0. The first kappa shape index (κ1) is 14.5. The molecule has 1 heterocycles. The normalized spacial score (nSPS) is 20.9. The first-order chi connectivity index (χ1) is 8.19. The Hall–Kier alpha value is -0.610. The Bertz CT molecular complexity index is 233. The van der Waals surface area contributed by atoms with Crippen molar-refractivity contribution in [2.24, 2.45) is 0 Å². The third kappa shape index (κ3) is 4.64. The number of hydrogen-bond acceptors (Lipinski definition) is 3. The number of carbonyl (C=O) groups excluding carboxylic acids is 1. The second kappa shape index (κ2) is 7.67. The van der Waals surface area contributed by atoms with Gasteiger partial charge in [0.2, 0.25) is 5.91 Å². The molecule has 17 heavy (non-hydrogen) atoms. The predicted molar refractivity (Wildman–Crippen MR) is 68.8 cm³/mol. The Morgan fingerprint density at radius 1 is 1.47 bits per heavy atom. The van der Waals surface area contributed by atoms with Gasteiger partial charge in [0, 0.05) is 25.7 Å². The molecule has 1 aliphatic rings. The Morgan fingerprint density at radius 3 is 2.82 bits per heavy atom. The van der Waals surface area contributed by atoms with Crippen LogP contribution < -0.4 is 0 Å². The molecule has 0 aromatic carbocycles. The van der Waals surface area contributed by atoms with Crippen molar-refractivity contribution in [2.45, 2.75) is 45.6 Å². The summed E-state index contributed by atoms with van der Waals surface area (Å²) in [5, 5.41) is 8.81. The zero-order valence-corrected chi connectivity index (χ0v) is 11.2. The molecular formula is C13H26N2O2. The van der Waals surface area contributed by atoms with Gasteiger partial charge in [-0.05, 0) is 39.2 Å². The third-order valence-electron chi connectivity index (χ3n) is 3.56. The molecule has 1 amide bonds. The summed E-state index contributed by atoms with van der Waals surface area (Å²) in [5.74, 6) is 0.247. The molecule has 1 rings (SSSR count). The summed E-state index contributed by atoms with van der Waals surface area (Å²) in [6, 6.07) is 0.396. The van der Waals surface area contributed by atoms with Crippen molar-refractivity contribution >= 4 is 5.91 Å². The van der Waals surface area contributed by atoms with E-state index in [1.54, 1.807) is 0 Å². The molecule has 0 radical (unpaired) electrons. The van der Waals surface area contributed by atoms with E-state index in [0.29, 0.717) is 12.6 Å². The van der Waals surface area contributed by atoms with Crippen molar-refractivity contribution < 1.29 is 9.90 Å². The Morgan fingerprint density at radius 2 is 2.24 bits per heavy atom. The summed E-state index contributed by atoms with van der Waals surface area (Å²) in [4.78, 5) is 16.3. The fraction of sp³-hybridized carbons (Fsp3) is 0.923. The van der Waals surface area contributed by atoms with E-state index in [2.05, 4.69) is 18.7 Å². The van der Waals surface area contributed by atoms with E-state index >= 15 is 0 Å². The molecule has 1 N–H and O–H groups in total. The largest absolute Gasteiger partial charge is 0.396 e. The Balaban J connectivity index is 2.39. The number of carbonyl (C=O) groups is 1. The lowest BCUT2D eigenvalue weighted by molar-refractivity contribution is -0.135. The number of rotatable bonds is 6. The Kier molecular flexibility index (Phi) is 6.52. The summed E-state index contributed by atoms with van der Waals surface area (Å²) >= 11 is 0. The average Bonchev–Trinajstić information content (AvgIpc) is 2.34. The molecular weight excluding hydrogens is 216 g/mol. The van der Waals surface area contributed by atoms with Crippen molar-refractivity contribution in [3.05, 3.63) is 0 Å². The quantitative estimate of drug-likeness (QED) is 0.758. The van der Waals surface area contributed by atoms with Crippen molar-refractivity contribution in [3.63, 3.8) is 0 Å². The number of aliphatic hydroxyl groups excluding tert-OH is 1. The van der Waals surface area contributed by atoms with E-state index < -0.39 is 0 Å². The standard InChI is InChI=1S/C13H26N2O2/c1-3-14(8-6-10-16)11-13(17)15-9-5-4-7-12(15)2/h12,16H,3-11H2,1-2H3. The van der Waals surface area contributed by atoms with Crippen LogP contribution in [-0.4, -0.2) is 59.6 Å². The van der Waals surface area contributed by atoms with Crippen molar-refractivity contribution in [1.29, 1.82) is 0 Å². The zero-order valence-electron chi connectivity index (χ0n) is 11.2. The van der Waals surface area contributed by atoms with E-state index in [9.17, 15) is 4.79 Å². The van der Waals surface area contributed by atoms with Crippen LogP contribution >= 0.6 is 0 Å². The minimum atomic E-state index is 0.199. The van der Waals surface area contributed by atoms with Gasteiger partial charge in [0.05, 0.1) is 6.54 Å². The molecule has 1 fully saturated rings. The fourth-order valence-corrected chi connectivity index (χ4v) is 2.39. The topological polar surface area (TPSA) is 43.8 Å². The van der Waals surface area contributed by atoms with Gasteiger partial charge in [-0.2, -0.15) is 0 Å². The van der Waals surface area contributed by atoms with E-state index in [-0.39, 0.29) is 12.5 Å². The number of amides is 1. The van der Waals surface area contributed by atoms with Gasteiger partial charge in [-0.1, -0.05) is 6.92 Å². The molecule has 0 aromatic heterocycles. The third-order valence-corrected chi connectivity index (χ3v) is 3.56. The molecule has 0 spiro atoms. The zero-order chi connectivity index (χ0) is 12.7. The molecule has 4 nitrogen and oxygen atoms in total. The van der Waals surface area contributed by atoms with Gasteiger partial charge in [0.1, 0.15) is 0 Å². The number of nitrogens with zero attached hydrogens (tertiary/aromatic N) is 2. The second-order valence-corrected chi connectivity index (χ2v) is 4.88. The lowest BCUT2D eigenvalue weighted by atomic mass is 10.0. The van der Waals surface area contributed by atoms with Crippen molar-refractivity contribution in [1.82, 2.24) is 9.80 Å². The molecule has 0 aliphatic carbocycles. The fourth-order valence-electron chi connectivity index (χ4n) is 2.39. The molecule has 1 atom stereocenters. The van der Waals surface area contributed by atoms with Gasteiger partial charge in [0.15, 0.2) is 0 Å². The highest BCUT2D eigenvalue weighted by atomic mass is 16.3. The lowest BCUT2D eigenvalue weighted by Crippen LogP contribution is -2.47. The molecule has 0 saturated carbocycles. The van der Waals surface area contributed by atoms with E-state index in [1.807, 2.05) is 4.90 Å². The molecule has 100 valence electrons. The van der Waals surface area contributed by atoms with Gasteiger partial charge >= 0.3 is 0 Å². The first-order valence-electron chi connectivity index (χ1n) is 6.81. The second-order valence-electron chi connectivity index (χ2n) is 4.88. The minimum Gasteiger partial charge on any atom is -0.396 e. The highest BCUT2D eigenvalue weighted by molar-refractivity contribution is 5.78. The highest BCUT2D eigenvalue weighted by Crippen LogP contribution is 2.16. The van der Waals surface area contributed by atoms with Gasteiger partial charge < -0.3 is 10.0 Å². The van der Waals surface area contributed by atoms with Crippen molar-refractivity contribution in [3.8, 4) is 0 Å². The van der Waals surface area contributed by atoms with Gasteiger partial charge in [0.25, 0.3) is 0 Å². The molecule has 4 heteroatoms. The summed E-state index contributed by atoms with van der Waals surface area (Å²) < 4.78 is 0. The number of likely N-dealkylation sites (N-methyl/N-ethyl adjacent to an activating group) is 1. The maximum absolute atomic E-state index is 12.2. The van der Waals surface area contributed by atoms with Gasteiger partial charge in [-0.15, -0.1) is 0 Å². The van der Waals surface area contributed by atoms with Crippen LogP contribution in [0.3, 0.4) is 0 Å². The van der Waals surface area contributed by atoms with Crippen LogP contribution in [0.1, 0.15) is 39.5 Å². The van der Waals surface area contributed by atoms with E-state index in [4.69, 9.17) is 5.11 Å². The average molecular weight is 242 g/mol. The molecule has 1 aliphatic heterocycles. The molecule has 1 unspecified atom stereocenters. The van der Waals surface area contributed by atoms with Crippen LogP contribution in [0.2, 0.25) is 0 Å². The van der Waals surface area contributed by atoms with E-state index in [1.165, 1.54) is 6.42 Å². The minimum absolute atomic E-state index is 0.199. The van der Waals surface area contributed by atoms with Gasteiger partial charge in [-0.25, -0.2) is 0 Å². The number of aliphatic hydroxyl groups is 1. The lowest BCUT2D eigenvalue weighted by Gasteiger charge is -2.35. The van der Waals surface area contributed by atoms with Crippen molar-refractivity contribution in [2.75, 3.05) is 32.8 Å². The summed E-state index contributed by atoms with van der Waals surface area (Å²) in [6.07, 6.45) is 4.26. The number of piperidine rings is 1. The SMILES string of the molecule is CCN(CCCO)CC(=O)N1CCCCC1C. The monoisotopic (exact) mass is 242 g/mol. The highest BCUT2D eigenvalue weighted by Gasteiger charge is 2.23. The van der Waals surface area contributed by atoms with Gasteiger partial charge in [-0.3, -0.25) is 9.69 Å². The van der Waals surface area contributed by atoms with Crippen LogP contribution in [0.15, 0.2) is 0 Å². The Labute approximate surface area is 105 Å². The van der Waals surface area contributed by atoms with E-state index in [0.717, 1.165) is 38.9 Å². The first-order valence-corrected chi connectivity index (χ1v) is 6.81. The maximum atomic E-state index is 12.2. The molecule has 0 aromatic rings. The smallest absolute Gasteiger partial charge is 0.236 e. The number of hydrogen-bond donors (Lipinski definition) is 1. The van der Waals surface area contributed by atoms with Crippen LogP contribution in [0.4, 0.5) is 0 Å². The number of likely N-dealkylation sites (tertiary alicyclic amines) is 1. The van der Waals surface area contributed by atoms with Crippen LogP contribution in [-0.2, 0) is 4.79 Å². The van der Waals surface area contributed by atoms with Crippen LogP contribution in [0.25, 0.3) is 0 Å². The molecule has 1 saturated heterocycles. The maximum Gasteiger partial charge on any atom is 0.236 e. The summed E-state index contributed by atoms with van der Waals surface area (Å²) in [6.45, 7) is 7.49. The molecule has 0 bridgehead atoms.